The Kier molecular flexibility index (Phi) is 1.41. The zero-order chi connectivity index (χ0) is 6.10. The highest BCUT2D eigenvalue weighted by Crippen LogP contribution is 2.22. The van der Waals surface area contributed by atoms with E-state index in [4.69, 9.17) is 4.84 Å². The fraction of sp³-hybridized carbons (Fsp3) is 1.00. The molecule has 0 aromatic rings. The van der Waals surface area contributed by atoms with Gasteiger partial charge in [-0.05, 0) is 12.8 Å². The van der Waals surface area contributed by atoms with Gasteiger partial charge >= 0.3 is 0 Å². The van der Waals surface area contributed by atoms with Gasteiger partial charge < -0.3 is 0 Å². The lowest BCUT2D eigenvalue weighted by molar-refractivity contribution is 0.0116. The minimum Gasteiger partial charge on any atom is -0.282 e. The quantitative estimate of drug-likeness (QED) is 0.493. The molecule has 2 aliphatic rings. The summed E-state index contributed by atoms with van der Waals surface area (Å²) in [5.41, 5.74) is 5.80. The summed E-state index contributed by atoms with van der Waals surface area (Å²) in [6.07, 6.45) is 5.59. The summed E-state index contributed by atoms with van der Waals surface area (Å²) >= 11 is 0. The summed E-state index contributed by atoms with van der Waals surface area (Å²) in [6, 6.07) is 0.582. The van der Waals surface area contributed by atoms with Gasteiger partial charge in [-0.3, -0.25) is 4.84 Å². The largest absolute Gasteiger partial charge is 0.282 e. The maximum atomic E-state index is 5.20. The van der Waals surface area contributed by atoms with Crippen molar-refractivity contribution in [1.82, 2.24) is 11.0 Å². The van der Waals surface area contributed by atoms with Crippen molar-refractivity contribution in [3.63, 3.8) is 0 Å². The van der Waals surface area contributed by atoms with Crippen LogP contribution in [0.1, 0.15) is 25.7 Å². The molecule has 2 unspecified atom stereocenters. The highest BCUT2D eigenvalue weighted by atomic mass is 16.7. The summed E-state index contributed by atoms with van der Waals surface area (Å²) < 4.78 is 0. The molecule has 0 spiro atoms. The first-order chi connectivity index (χ1) is 4.47. The first-order valence-corrected chi connectivity index (χ1v) is 3.63. The molecule has 1 aliphatic heterocycles. The smallest absolute Gasteiger partial charge is 0.0973 e. The Labute approximate surface area is 54.7 Å². The average molecular weight is 128 g/mol. The molecule has 0 aromatic carbocycles. The molecule has 2 N–H and O–H groups in total. The van der Waals surface area contributed by atoms with Crippen molar-refractivity contribution in [3.05, 3.63) is 0 Å². The summed E-state index contributed by atoms with van der Waals surface area (Å²) in [6.45, 7) is 0. The predicted molar refractivity (Wildman–Crippen MR) is 33.4 cm³/mol. The fourth-order valence-electron chi connectivity index (χ4n) is 1.59. The Balaban J connectivity index is 1.97. The second kappa shape index (κ2) is 2.25. The van der Waals surface area contributed by atoms with Gasteiger partial charge in [-0.2, -0.15) is 0 Å². The molecule has 1 saturated carbocycles. The molecule has 0 aromatic heterocycles. The van der Waals surface area contributed by atoms with E-state index in [-0.39, 0.29) is 0 Å². The van der Waals surface area contributed by atoms with Gasteiger partial charge in [-0.25, -0.2) is 5.43 Å². The zero-order valence-corrected chi connectivity index (χ0v) is 5.39. The van der Waals surface area contributed by atoms with Crippen molar-refractivity contribution >= 4 is 0 Å². The van der Waals surface area contributed by atoms with Crippen molar-refractivity contribution in [1.29, 1.82) is 0 Å². The lowest BCUT2D eigenvalue weighted by Crippen LogP contribution is -2.35. The number of hydrazine groups is 1. The van der Waals surface area contributed by atoms with Crippen LogP contribution in [-0.2, 0) is 4.84 Å². The molecule has 52 valence electrons. The van der Waals surface area contributed by atoms with E-state index in [0.29, 0.717) is 12.1 Å². The Morgan fingerprint density at radius 1 is 1.22 bits per heavy atom. The summed E-state index contributed by atoms with van der Waals surface area (Å²) in [4.78, 5) is 5.20. The highest BCUT2D eigenvalue weighted by Gasteiger charge is 2.30. The van der Waals surface area contributed by atoms with Crippen molar-refractivity contribution in [2.75, 3.05) is 0 Å². The van der Waals surface area contributed by atoms with Gasteiger partial charge in [-0.1, -0.05) is 12.8 Å². The lowest BCUT2D eigenvalue weighted by Gasteiger charge is -2.20. The van der Waals surface area contributed by atoms with Crippen LogP contribution in [0.15, 0.2) is 0 Å². The molecule has 9 heavy (non-hydrogen) atoms. The number of fused-ring (bicyclic) bond motifs is 1. The van der Waals surface area contributed by atoms with Crippen LogP contribution in [0, 0.1) is 0 Å². The maximum Gasteiger partial charge on any atom is 0.0973 e. The van der Waals surface area contributed by atoms with Crippen molar-refractivity contribution < 1.29 is 4.84 Å². The normalized spacial score (nSPS) is 42.7. The van der Waals surface area contributed by atoms with E-state index < -0.39 is 0 Å². The molecular formula is C6H12N2O. The maximum absolute atomic E-state index is 5.20. The third-order valence-corrected chi connectivity index (χ3v) is 2.16. The van der Waals surface area contributed by atoms with E-state index in [9.17, 15) is 0 Å². The zero-order valence-electron chi connectivity index (χ0n) is 5.39. The van der Waals surface area contributed by atoms with E-state index in [1.54, 1.807) is 0 Å². The third-order valence-electron chi connectivity index (χ3n) is 2.16. The predicted octanol–water partition coefficient (Wildman–Crippen LogP) is 0.337. The van der Waals surface area contributed by atoms with Crippen LogP contribution in [-0.4, -0.2) is 12.1 Å². The second-order valence-electron chi connectivity index (χ2n) is 2.79. The van der Waals surface area contributed by atoms with Crippen LogP contribution in [0.2, 0.25) is 0 Å². The van der Waals surface area contributed by atoms with Gasteiger partial charge in [0.25, 0.3) is 0 Å². The Bertz CT molecular complexity index is 95.2. The van der Waals surface area contributed by atoms with Crippen molar-refractivity contribution in [2.45, 2.75) is 37.8 Å². The molecule has 0 bridgehead atoms. The molecule has 2 rings (SSSR count). The molecule has 0 amide bonds. The van der Waals surface area contributed by atoms with Gasteiger partial charge in [0.2, 0.25) is 0 Å². The summed E-state index contributed by atoms with van der Waals surface area (Å²) in [7, 11) is 0. The van der Waals surface area contributed by atoms with Gasteiger partial charge in [0.05, 0.1) is 12.1 Å². The number of nitrogens with one attached hydrogen (secondary N) is 2. The van der Waals surface area contributed by atoms with E-state index >= 15 is 0 Å². The minimum absolute atomic E-state index is 0.443. The number of hydrogen-bond donors (Lipinski definition) is 2. The van der Waals surface area contributed by atoms with Crippen LogP contribution in [0.4, 0.5) is 0 Å². The van der Waals surface area contributed by atoms with Crippen LogP contribution in [0.5, 0.6) is 0 Å². The average Bonchev–Trinajstić information content (AvgIpc) is 2.33. The van der Waals surface area contributed by atoms with E-state index in [2.05, 4.69) is 11.0 Å². The number of rotatable bonds is 0. The molecule has 1 heterocycles. The fourth-order valence-corrected chi connectivity index (χ4v) is 1.59. The van der Waals surface area contributed by atoms with Crippen LogP contribution in [0.25, 0.3) is 0 Å². The molecule has 1 aliphatic carbocycles. The molecule has 3 nitrogen and oxygen atoms in total. The lowest BCUT2D eigenvalue weighted by atomic mass is 9.93. The van der Waals surface area contributed by atoms with Crippen molar-refractivity contribution in [2.24, 2.45) is 0 Å². The van der Waals surface area contributed by atoms with E-state index in [0.717, 1.165) is 0 Å². The highest BCUT2D eigenvalue weighted by molar-refractivity contribution is 4.82. The SMILES string of the molecule is C1CCC2ONNC2C1. The van der Waals surface area contributed by atoms with Gasteiger partial charge in [0.15, 0.2) is 0 Å². The van der Waals surface area contributed by atoms with Gasteiger partial charge in [-0.15, -0.1) is 5.59 Å². The van der Waals surface area contributed by atoms with Gasteiger partial charge in [0, 0.05) is 0 Å². The van der Waals surface area contributed by atoms with E-state index in [1.165, 1.54) is 25.7 Å². The topological polar surface area (TPSA) is 33.3 Å². The van der Waals surface area contributed by atoms with Crippen LogP contribution in [0.3, 0.4) is 0 Å². The first-order valence-electron chi connectivity index (χ1n) is 3.63. The molecule has 2 fully saturated rings. The second-order valence-corrected chi connectivity index (χ2v) is 2.79. The Hall–Kier alpha value is -0.120. The number of hydrogen-bond acceptors (Lipinski definition) is 3. The van der Waals surface area contributed by atoms with Gasteiger partial charge in [0.1, 0.15) is 0 Å². The summed E-state index contributed by atoms with van der Waals surface area (Å²) in [5.74, 6) is 0. The molecule has 3 heteroatoms. The Morgan fingerprint density at radius 3 is 3.00 bits per heavy atom. The molecule has 1 saturated heterocycles. The first kappa shape index (κ1) is 5.65. The molecule has 0 radical (unpaired) electrons. The third kappa shape index (κ3) is 0.956. The van der Waals surface area contributed by atoms with Crippen LogP contribution < -0.4 is 11.0 Å². The van der Waals surface area contributed by atoms with Crippen LogP contribution >= 0.6 is 0 Å². The van der Waals surface area contributed by atoms with E-state index in [1.807, 2.05) is 0 Å². The molecular weight excluding hydrogens is 116 g/mol. The Morgan fingerprint density at radius 2 is 2.11 bits per heavy atom. The molecule has 2 atom stereocenters. The van der Waals surface area contributed by atoms with Crippen molar-refractivity contribution in [3.8, 4) is 0 Å². The monoisotopic (exact) mass is 128 g/mol. The summed E-state index contributed by atoms with van der Waals surface area (Å²) in [5, 5.41) is 0. The minimum atomic E-state index is 0.443. The standard InChI is InChI=1S/C6H12N2O/c1-2-4-6-5(3-1)7-8-9-6/h5-8H,1-4H2.